The lowest BCUT2D eigenvalue weighted by atomic mass is 9.77. The monoisotopic (exact) mass is 428 g/mol. The molecular formula is C19H16F4N2O3S. The fourth-order valence-electron chi connectivity index (χ4n) is 3.22. The van der Waals surface area contributed by atoms with E-state index in [2.05, 4.69) is 5.32 Å². The van der Waals surface area contributed by atoms with Crippen molar-refractivity contribution >= 4 is 23.1 Å². The molecule has 0 radical (unpaired) electrons. The van der Waals surface area contributed by atoms with Crippen molar-refractivity contribution in [2.75, 3.05) is 7.11 Å². The molecule has 154 valence electrons. The Kier molecular flexibility index (Phi) is 5.50. The second-order valence-electron chi connectivity index (χ2n) is 6.46. The molecule has 3 unspecified atom stereocenters. The van der Waals surface area contributed by atoms with Gasteiger partial charge in [0.2, 0.25) is 5.72 Å². The van der Waals surface area contributed by atoms with E-state index in [9.17, 15) is 27.5 Å². The number of hydrogen-bond donors (Lipinski definition) is 3. The first kappa shape index (κ1) is 21.0. The van der Waals surface area contributed by atoms with Crippen molar-refractivity contribution in [2.24, 2.45) is 5.92 Å². The fraction of sp³-hybridized carbons (Fsp3) is 0.263. The van der Waals surface area contributed by atoms with Crippen LogP contribution < -0.4 is 15.4 Å². The highest BCUT2D eigenvalue weighted by atomic mass is 32.1. The molecule has 3 N–H and O–H groups in total. The molecule has 1 heterocycles. The number of alkyl halides is 3. The number of ether oxygens (including phenoxy) is 1. The first-order valence-corrected chi connectivity index (χ1v) is 8.79. The Morgan fingerprint density at radius 2 is 1.72 bits per heavy atom. The Morgan fingerprint density at radius 1 is 1.14 bits per heavy atom. The summed E-state index contributed by atoms with van der Waals surface area (Å²) in [5.74, 6) is -3.23. The maximum Gasteiger partial charge on any atom is 0.437 e. The van der Waals surface area contributed by atoms with Crippen LogP contribution in [-0.2, 0) is 0 Å². The summed E-state index contributed by atoms with van der Waals surface area (Å²) in [4.78, 5) is 13.1. The molecule has 0 amide bonds. The van der Waals surface area contributed by atoms with E-state index in [-0.39, 0.29) is 11.1 Å². The number of aliphatic hydroxyl groups is 1. The van der Waals surface area contributed by atoms with E-state index in [1.807, 2.05) is 0 Å². The van der Waals surface area contributed by atoms with Crippen LogP contribution in [0.4, 0.5) is 17.6 Å². The van der Waals surface area contributed by atoms with E-state index < -0.39 is 40.6 Å². The first-order chi connectivity index (χ1) is 13.6. The summed E-state index contributed by atoms with van der Waals surface area (Å²) >= 11 is 4.83. The smallest absolute Gasteiger partial charge is 0.437 e. The van der Waals surface area contributed by atoms with E-state index in [0.29, 0.717) is 5.75 Å². The molecule has 1 fully saturated rings. The Bertz CT molecular complexity index is 919. The van der Waals surface area contributed by atoms with Crippen molar-refractivity contribution in [3.8, 4) is 5.75 Å². The molecule has 10 heteroatoms. The summed E-state index contributed by atoms with van der Waals surface area (Å²) in [6.07, 6.45) is -5.23. The van der Waals surface area contributed by atoms with E-state index in [1.54, 1.807) is 5.32 Å². The summed E-state index contributed by atoms with van der Waals surface area (Å²) in [6.45, 7) is 0. The van der Waals surface area contributed by atoms with E-state index in [4.69, 9.17) is 17.0 Å². The second-order valence-corrected chi connectivity index (χ2v) is 6.87. The summed E-state index contributed by atoms with van der Waals surface area (Å²) < 4.78 is 59.9. The third-order valence-corrected chi connectivity index (χ3v) is 4.91. The molecule has 2 aromatic rings. The van der Waals surface area contributed by atoms with Crippen molar-refractivity contribution in [1.29, 1.82) is 0 Å². The standard InChI is InChI=1S/C19H16F4N2O3S/c1-28-13-8-4-11(5-9-13)16(26)14-15(10-2-6-12(20)7-3-10)24-17(29)25-18(14,27)19(21,22)23/h2-9,14-15,27H,1H3,(H2,24,25,29). The van der Waals surface area contributed by atoms with Crippen molar-refractivity contribution in [1.82, 2.24) is 10.6 Å². The molecule has 3 atom stereocenters. The Labute approximate surface area is 168 Å². The number of nitrogens with one attached hydrogen (secondary N) is 2. The van der Waals surface area contributed by atoms with Crippen LogP contribution in [0.1, 0.15) is 22.0 Å². The number of Topliss-reactive ketones (excluding diaryl/α,β-unsaturated/α-hetero) is 1. The molecule has 2 aromatic carbocycles. The molecule has 0 aliphatic carbocycles. The van der Waals surface area contributed by atoms with E-state index >= 15 is 0 Å². The molecule has 29 heavy (non-hydrogen) atoms. The molecule has 5 nitrogen and oxygen atoms in total. The SMILES string of the molecule is COc1ccc(C(=O)C2C(c3ccc(F)cc3)NC(=S)NC2(O)C(F)(F)F)cc1. The Balaban J connectivity index is 2.13. The van der Waals surface area contributed by atoms with Crippen LogP contribution >= 0.6 is 12.2 Å². The summed E-state index contributed by atoms with van der Waals surface area (Å²) in [7, 11) is 1.40. The molecule has 1 saturated heterocycles. The molecule has 1 aliphatic heterocycles. The predicted octanol–water partition coefficient (Wildman–Crippen LogP) is 3.10. The number of hydrogen-bond acceptors (Lipinski definition) is 4. The van der Waals surface area contributed by atoms with Gasteiger partial charge in [-0.05, 0) is 54.2 Å². The molecule has 0 saturated carbocycles. The predicted molar refractivity (Wildman–Crippen MR) is 99.8 cm³/mol. The van der Waals surface area contributed by atoms with Gasteiger partial charge in [-0.3, -0.25) is 4.79 Å². The molecule has 0 aromatic heterocycles. The number of rotatable bonds is 4. The summed E-state index contributed by atoms with van der Waals surface area (Å²) in [6, 6.07) is 8.62. The zero-order chi connectivity index (χ0) is 21.4. The lowest BCUT2D eigenvalue weighted by molar-refractivity contribution is -0.285. The van der Waals surface area contributed by atoms with Crippen molar-refractivity contribution in [3.63, 3.8) is 0 Å². The number of benzene rings is 2. The maximum atomic E-state index is 13.9. The number of halogens is 4. The minimum Gasteiger partial charge on any atom is -0.497 e. The average Bonchev–Trinajstić information content (AvgIpc) is 2.67. The largest absolute Gasteiger partial charge is 0.497 e. The van der Waals surface area contributed by atoms with Gasteiger partial charge in [0, 0.05) is 5.56 Å². The van der Waals surface area contributed by atoms with Crippen LogP contribution in [0, 0.1) is 11.7 Å². The van der Waals surface area contributed by atoms with Crippen LogP contribution in [0.5, 0.6) is 5.75 Å². The highest BCUT2D eigenvalue weighted by Crippen LogP contribution is 2.44. The third kappa shape index (κ3) is 3.90. The molecule has 1 aliphatic rings. The van der Waals surface area contributed by atoms with Gasteiger partial charge in [0.25, 0.3) is 0 Å². The van der Waals surface area contributed by atoms with E-state index in [1.165, 1.54) is 43.5 Å². The van der Waals surface area contributed by atoms with Crippen LogP contribution in [0.25, 0.3) is 0 Å². The number of carbonyl (C=O) groups is 1. The van der Waals surface area contributed by atoms with Gasteiger partial charge in [0.05, 0.1) is 13.2 Å². The Morgan fingerprint density at radius 3 is 2.24 bits per heavy atom. The van der Waals surface area contributed by atoms with Gasteiger partial charge >= 0.3 is 6.18 Å². The zero-order valence-electron chi connectivity index (χ0n) is 15.0. The third-order valence-electron chi connectivity index (χ3n) is 4.69. The van der Waals surface area contributed by atoms with E-state index in [0.717, 1.165) is 12.1 Å². The van der Waals surface area contributed by atoms with Crippen molar-refractivity contribution < 1.29 is 32.2 Å². The topological polar surface area (TPSA) is 70.6 Å². The quantitative estimate of drug-likeness (QED) is 0.395. The van der Waals surface area contributed by atoms with Gasteiger partial charge in [-0.2, -0.15) is 13.2 Å². The molecule has 0 spiro atoms. The summed E-state index contributed by atoms with van der Waals surface area (Å²) in [5, 5.41) is 14.5. The molecular weight excluding hydrogens is 412 g/mol. The first-order valence-electron chi connectivity index (χ1n) is 8.38. The van der Waals surface area contributed by atoms with Gasteiger partial charge in [0.15, 0.2) is 10.9 Å². The average molecular weight is 428 g/mol. The van der Waals surface area contributed by atoms with Crippen LogP contribution in [0.2, 0.25) is 0 Å². The number of methoxy groups -OCH3 is 1. The highest BCUT2D eigenvalue weighted by Gasteiger charge is 2.65. The lowest BCUT2D eigenvalue weighted by Crippen LogP contribution is -2.72. The van der Waals surface area contributed by atoms with Crippen molar-refractivity contribution in [3.05, 3.63) is 65.5 Å². The van der Waals surface area contributed by atoms with Gasteiger partial charge in [-0.15, -0.1) is 0 Å². The van der Waals surface area contributed by atoms with Crippen LogP contribution in [0.3, 0.4) is 0 Å². The van der Waals surface area contributed by atoms with Crippen LogP contribution in [0.15, 0.2) is 48.5 Å². The normalized spacial score (nSPS) is 24.4. The van der Waals surface area contributed by atoms with Gasteiger partial charge in [-0.1, -0.05) is 12.1 Å². The van der Waals surface area contributed by atoms with Crippen LogP contribution in [-0.4, -0.2) is 35.0 Å². The number of carbonyl (C=O) groups excluding carboxylic acids is 1. The van der Waals surface area contributed by atoms with Gasteiger partial charge in [-0.25, -0.2) is 4.39 Å². The number of ketones is 1. The minimum absolute atomic E-state index is 0.0676. The second kappa shape index (κ2) is 7.60. The highest BCUT2D eigenvalue weighted by molar-refractivity contribution is 7.80. The lowest BCUT2D eigenvalue weighted by Gasteiger charge is -2.46. The minimum atomic E-state index is -5.23. The van der Waals surface area contributed by atoms with Crippen molar-refractivity contribution in [2.45, 2.75) is 17.9 Å². The van der Waals surface area contributed by atoms with Gasteiger partial charge in [0.1, 0.15) is 17.5 Å². The zero-order valence-corrected chi connectivity index (χ0v) is 15.8. The molecule has 0 bridgehead atoms. The fourth-order valence-corrected chi connectivity index (χ4v) is 3.50. The number of thiocarbonyl (C=S) groups is 1. The van der Waals surface area contributed by atoms with Gasteiger partial charge < -0.3 is 20.5 Å². The maximum absolute atomic E-state index is 13.9. The Hall–Kier alpha value is -2.72. The summed E-state index contributed by atoms with van der Waals surface area (Å²) in [5.41, 5.74) is -3.54. The molecule has 3 rings (SSSR count).